The summed E-state index contributed by atoms with van der Waals surface area (Å²) in [5.41, 5.74) is -0.798. The fourth-order valence-electron chi connectivity index (χ4n) is 3.65. The molecule has 0 aromatic carbocycles. The Morgan fingerprint density at radius 1 is 1.31 bits per heavy atom. The molecule has 9 heteroatoms. The van der Waals surface area contributed by atoms with Gasteiger partial charge in [-0.3, -0.25) is 0 Å². The topological polar surface area (TPSA) is 58.6 Å². The molecule has 0 radical (unpaired) electrons. The third-order valence-corrected chi connectivity index (χ3v) is 4.98. The number of likely N-dealkylation sites (tertiary alicyclic amines) is 1. The van der Waals surface area contributed by atoms with E-state index in [-0.39, 0.29) is 28.7 Å². The molecule has 26 heavy (non-hydrogen) atoms. The lowest BCUT2D eigenvalue weighted by Crippen LogP contribution is -2.51. The number of carbonyl (C=O) groups excluding carboxylic acids is 1. The molecule has 3 rings (SSSR count). The molecule has 0 N–H and O–H groups in total. The molecule has 1 amide bonds. The number of hydrogen-bond acceptors (Lipinski definition) is 5. The molecule has 0 spiro atoms. The molecule has 0 unspecified atom stereocenters. The van der Waals surface area contributed by atoms with Crippen LogP contribution in [0.3, 0.4) is 0 Å². The molecule has 0 saturated carbocycles. The first kappa shape index (κ1) is 19.1. The average molecular weight is 389 g/mol. The highest BCUT2D eigenvalue weighted by Gasteiger charge is 2.42. The minimum absolute atomic E-state index is 0.0566. The van der Waals surface area contributed by atoms with Gasteiger partial charge in [-0.2, -0.15) is 0 Å². The molecule has 2 aliphatic rings. The average Bonchev–Trinajstić information content (AvgIpc) is 2.96. The maximum atomic E-state index is 13.4. The molecule has 2 aliphatic heterocycles. The molecule has 1 aromatic rings. The van der Waals surface area contributed by atoms with E-state index < -0.39 is 12.0 Å². The number of halogens is 3. The van der Waals surface area contributed by atoms with Crippen molar-refractivity contribution in [1.29, 1.82) is 0 Å². The van der Waals surface area contributed by atoms with Crippen molar-refractivity contribution >= 4 is 23.5 Å². The Hall–Kier alpha value is -1.70. The van der Waals surface area contributed by atoms with Crippen molar-refractivity contribution in [3.8, 4) is 0 Å². The zero-order chi connectivity index (χ0) is 19.1. The second-order valence-corrected chi connectivity index (χ2v) is 8.16. The summed E-state index contributed by atoms with van der Waals surface area (Å²) in [7, 11) is 0. The van der Waals surface area contributed by atoms with Crippen molar-refractivity contribution in [1.82, 2.24) is 15.1 Å². The number of hydrogen-bond donors (Lipinski definition) is 0. The number of carbonyl (C=O) groups is 1. The zero-order valence-electron chi connectivity index (χ0n) is 15.1. The maximum Gasteiger partial charge on any atom is 0.410 e. The van der Waals surface area contributed by atoms with Gasteiger partial charge in [-0.15, -0.1) is 10.2 Å². The number of nitrogens with zero attached hydrogens (tertiary/aromatic N) is 4. The predicted octanol–water partition coefficient (Wildman–Crippen LogP) is 3.90. The van der Waals surface area contributed by atoms with Gasteiger partial charge in [-0.05, 0) is 45.6 Å². The molecular weight excluding hydrogens is 366 g/mol. The highest BCUT2D eigenvalue weighted by atomic mass is 35.5. The second kappa shape index (κ2) is 7.13. The van der Waals surface area contributed by atoms with Gasteiger partial charge < -0.3 is 14.5 Å². The van der Waals surface area contributed by atoms with Crippen LogP contribution in [-0.2, 0) is 4.74 Å². The third-order valence-electron chi connectivity index (χ3n) is 4.79. The van der Waals surface area contributed by atoms with Gasteiger partial charge in [0.05, 0.1) is 11.6 Å². The highest BCUT2D eigenvalue weighted by molar-refractivity contribution is 6.29. The number of ether oxygens (including phenoxy) is 1. The van der Waals surface area contributed by atoms with Crippen LogP contribution in [0.5, 0.6) is 0 Å². The Morgan fingerprint density at radius 3 is 2.65 bits per heavy atom. The summed E-state index contributed by atoms with van der Waals surface area (Å²) >= 11 is 5.74. The SMILES string of the molecule is CC(C)(C)OC(=O)N1CC[C@H]2CCN(c3nnc(Cl)cc3C(F)F)[C@H]2C1. The summed E-state index contributed by atoms with van der Waals surface area (Å²) in [6.07, 6.45) is -1.38. The van der Waals surface area contributed by atoms with Crippen LogP contribution in [0, 0.1) is 5.92 Å². The Morgan fingerprint density at radius 2 is 2.00 bits per heavy atom. The molecule has 6 nitrogen and oxygen atoms in total. The van der Waals surface area contributed by atoms with Gasteiger partial charge in [0, 0.05) is 19.6 Å². The van der Waals surface area contributed by atoms with E-state index in [1.54, 1.807) is 4.90 Å². The molecule has 3 heterocycles. The van der Waals surface area contributed by atoms with E-state index in [0.29, 0.717) is 25.6 Å². The quantitative estimate of drug-likeness (QED) is 0.769. The molecule has 2 saturated heterocycles. The van der Waals surface area contributed by atoms with E-state index in [9.17, 15) is 13.6 Å². The van der Waals surface area contributed by atoms with Crippen molar-refractivity contribution in [3.63, 3.8) is 0 Å². The predicted molar refractivity (Wildman–Crippen MR) is 93.7 cm³/mol. The minimum atomic E-state index is -2.69. The van der Waals surface area contributed by atoms with E-state index >= 15 is 0 Å². The number of rotatable bonds is 2. The maximum absolute atomic E-state index is 13.4. The molecule has 0 aliphatic carbocycles. The van der Waals surface area contributed by atoms with E-state index in [1.807, 2.05) is 25.7 Å². The van der Waals surface area contributed by atoms with Crippen LogP contribution in [0.25, 0.3) is 0 Å². The molecule has 2 atom stereocenters. The number of fused-ring (bicyclic) bond motifs is 1. The van der Waals surface area contributed by atoms with Crippen LogP contribution in [0.1, 0.15) is 45.6 Å². The van der Waals surface area contributed by atoms with Crippen LogP contribution in [-0.4, -0.2) is 52.5 Å². The van der Waals surface area contributed by atoms with Crippen molar-refractivity contribution < 1.29 is 18.3 Å². The number of alkyl halides is 2. The van der Waals surface area contributed by atoms with Gasteiger partial charge in [0.1, 0.15) is 5.60 Å². The molecule has 0 bridgehead atoms. The van der Waals surface area contributed by atoms with E-state index in [0.717, 1.165) is 18.9 Å². The van der Waals surface area contributed by atoms with E-state index in [1.165, 1.54) is 0 Å². The van der Waals surface area contributed by atoms with Gasteiger partial charge in [-0.1, -0.05) is 11.6 Å². The van der Waals surface area contributed by atoms with Gasteiger partial charge >= 0.3 is 6.09 Å². The fourth-order valence-corrected chi connectivity index (χ4v) is 3.81. The first-order chi connectivity index (χ1) is 12.2. The van der Waals surface area contributed by atoms with Crippen LogP contribution < -0.4 is 4.90 Å². The van der Waals surface area contributed by atoms with Gasteiger partial charge in [0.2, 0.25) is 0 Å². The lowest BCUT2D eigenvalue weighted by Gasteiger charge is -2.39. The van der Waals surface area contributed by atoms with Crippen molar-refractivity contribution in [2.75, 3.05) is 24.5 Å². The molecule has 2 fully saturated rings. The Kier molecular flexibility index (Phi) is 5.23. The Labute approximate surface area is 156 Å². The fraction of sp³-hybridized carbons (Fsp3) is 0.706. The molecular formula is C17H23ClF2N4O2. The summed E-state index contributed by atoms with van der Waals surface area (Å²) in [5.74, 6) is 0.486. The van der Waals surface area contributed by atoms with Crippen LogP contribution >= 0.6 is 11.6 Å². The lowest BCUT2D eigenvalue weighted by molar-refractivity contribution is 0.0172. The molecule has 144 valence electrons. The van der Waals surface area contributed by atoms with E-state index in [4.69, 9.17) is 16.3 Å². The first-order valence-electron chi connectivity index (χ1n) is 8.71. The number of amides is 1. The van der Waals surface area contributed by atoms with Crippen molar-refractivity contribution in [3.05, 3.63) is 16.8 Å². The van der Waals surface area contributed by atoms with E-state index in [2.05, 4.69) is 10.2 Å². The smallest absolute Gasteiger partial charge is 0.410 e. The second-order valence-electron chi connectivity index (χ2n) is 7.77. The minimum Gasteiger partial charge on any atom is -0.444 e. The van der Waals surface area contributed by atoms with Gasteiger partial charge in [-0.25, -0.2) is 13.6 Å². The number of piperidine rings is 1. The van der Waals surface area contributed by atoms with Crippen LogP contribution in [0.15, 0.2) is 6.07 Å². The number of anilines is 1. The monoisotopic (exact) mass is 388 g/mol. The summed E-state index contributed by atoms with van der Waals surface area (Å²) in [5, 5.41) is 7.62. The lowest BCUT2D eigenvalue weighted by atomic mass is 9.92. The van der Waals surface area contributed by atoms with Gasteiger partial charge in [0.25, 0.3) is 6.43 Å². The van der Waals surface area contributed by atoms with Crippen molar-refractivity contribution in [2.24, 2.45) is 5.92 Å². The highest BCUT2D eigenvalue weighted by Crippen LogP contribution is 2.38. The third kappa shape index (κ3) is 4.00. The van der Waals surface area contributed by atoms with Crippen LogP contribution in [0.2, 0.25) is 5.15 Å². The first-order valence-corrected chi connectivity index (χ1v) is 9.09. The zero-order valence-corrected chi connectivity index (χ0v) is 15.8. The molecule has 1 aromatic heterocycles. The van der Waals surface area contributed by atoms with Crippen molar-refractivity contribution in [2.45, 2.75) is 51.7 Å². The summed E-state index contributed by atoms with van der Waals surface area (Å²) in [6, 6.07) is 1.08. The normalized spacial score (nSPS) is 23.3. The standard InChI is InChI=1S/C17H23ClF2N4O2/c1-17(2,3)26-16(25)23-6-4-10-5-7-24(12(10)9-23)15-11(14(19)20)8-13(18)21-22-15/h8,10,12,14H,4-7,9H2,1-3H3/t10-,12-/m0/s1. The summed E-state index contributed by atoms with van der Waals surface area (Å²) in [6.45, 7) is 7.09. The van der Waals surface area contributed by atoms with Gasteiger partial charge in [0.15, 0.2) is 11.0 Å². The number of aromatic nitrogens is 2. The van der Waals surface area contributed by atoms with Crippen LogP contribution in [0.4, 0.5) is 19.4 Å². The largest absolute Gasteiger partial charge is 0.444 e. The Bertz CT molecular complexity index is 683. The Balaban J connectivity index is 1.81. The summed E-state index contributed by atoms with van der Waals surface area (Å²) in [4.78, 5) is 15.9. The summed E-state index contributed by atoms with van der Waals surface area (Å²) < 4.78 is 32.3.